The molecule has 0 radical (unpaired) electrons. The normalized spacial score (nSPS) is 15.0. The van der Waals surface area contributed by atoms with Gasteiger partial charge in [-0.05, 0) is 48.5 Å². The standard InChI is InChI=1S/C21H18F4N4O/c22-17-3-7-19(8-4-17)28-9-11-29(12-10-28)20(30)15(13-26)14-27-18-5-1-16(2-6-18)21(23,24)25/h1-8,14,27H,9-12H2/b15-14-. The van der Waals surface area contributed by atoms with Gasteiger partial charge in [-0.25, -0.2) is 4.39 Å². The van der Waals surface area contributed by atoms with Crippen LogP contribution in [0.5, 0.6) is 0 Å². The van der Waals surface area contributed by atoms with Crippen molar-refractivity contribution in [2.45, 2.75) is 6.18 Å². The van der Waals surface area contributed by atoms with Crippen molar-refractivity contribution in [2.24, 2.45) is 0 Å². The van der Waals surface area contributed by atoms with Crippen molar-refractivity contribution in [3.8, 4) is 6.07 Å². The van der Waals surface area contributed by atoms with E-state index in [9.17, 15) is 27.6 Å². The Labute approximate surface area is 170 Å². The molecule has 1 aliphatic heterocycles. The van der Waals surface area contributed by atoms with Crippen LogP contribution in [0, 0.1) is 17.1 Å². The number of nitrogens with one attached hydrogen (secondary N) is 1. The first-order valence-electron chi connectivity index (χ1n) is 9.12. The molecule has 1 fully saturated rings. The lowest BCUT2D eigenvalue weighted by Crippen LogP contribution is -2.49. The maximum atomic E-state index is 13.1. The predicted molar refractivity (Wildman–Crippen MR) is 104 cm³/mol. The number of hydrogen-bond donors (Lipinski definition) is 1. The van der Waals surface area contributed by atoms with Gasteiger partial charge in [0, 0.05) is 43.8 Å². The average Bonchev–Trinajstić information content (AvgIpc) is 2.74. The number of amides is 1. The van der Waals surface area contributed by atoms with Crippen LogP contribution in [-0.4, -0.2) is 37.0 Å². The quantitative estimate of drug-likeness (QED) is 0.463. The Morgan fingerprint density at radius 1 is 1.00 bits per heavy atom. The summed E-state index contributed by atoms with van der Waals surface area (Å²) in [5.41, 5.74) is 0.242. The molecule has 2 aromatic carbocycles. The zero-order valence-electron chi connectivity index (χ0n) is 15.8. The van der Waals surface area contributed by atoms with Crippen LogP contribution in [0.4, 0.5) is 28.9 Å². The molecule has 0 aliphatic carbocycles. The fourth-order valence-corrected chi connectivity index (χ4v) is 3.04. The number of benzene rings is 2. The number of piperazine rings is 1. The Bertz CT molecular complexity index is 954. The third-order valence-electron chi connectivity index (χ3n) is 4.70. The van der Waals surface area contributed by atoms with Crippen LogP contribution in [0.2, 0.25) is 0 Å². The molecule has 0 atom stereocenters. The Kier molecular flexibility index (Phi) is 6.26. The van der Waals surface area contributed by atoms with Gasteiger partial charge in [-0.15, -0.1) is 0 Å². The summed E-state index contributed by atoms with van der Waals surface area (Å²) in [6.45, 7) is 1.83. The van der Waals surface area contributed by atoms with Gasteiger partial charge in [0.2, 0.25) is 0 Å². The van der Waals surface area contributed by atoms with Crippen LogP contribution in [-0.2, 0) is 11.0 Å². The molecule has 1 aliphatic rings. The summed E-state index contributed by atoms with van der Waals surface area (Å²) >= 11 is 0. The number of carbonyl (C=O) groups is 1. The van der Waals surface area contributed by atoms with Crippen molar-refractivity contribution in [2.75, 3.05) is 36.4 Å². The van der Waals surface area contributed by atoms with Gasteiger partial charge in [0.25, 0.3) is 5.91 Å². The number of rotatable bonds is 4. The van der Waals surface area contributed by atoms with Gasteiger partial charge >= 0.3 is 6.18 Å². The van der Waals surface area contributed by atoms with Crippen LogP contribution < -0.4 is 10.2 Å². The third kappa shape index (κ3) is 5.08. The number of carbonyl (C=O) groups excluding carboxylic acids is 1. The highest BCUT2D eigenvalue weighted by atomic mass is 19.4. The summed E-state index contributed by atoms with van der Waals surface area (Å²) in [7, 11) is 0. The van der Waals surface area contributed by atoms with Crippen molar-refractivity contribution in [3.05, 3.63) is 71.7 Å². The lowest BCUT2D eigenvalue weighted by Gasteiger charge is -2.36. The van der Waals surface area contributed by atoms with Crippen molar-refractivity contribution >= 4 is 17.3 Å². The molecule has 156 valence electrons. The number of nitrogens with zero attached hydrogens (tertiary/aromatic N) is 3. The van der Waals surface area contributed by atoms with E-state index in [-0.39, 0.29) is 11.4 Å². The Balaban J connectivity index is 1.59. The monoisotopic (exact) mass is 418 g/mol. The minimum absolute atomic E-state index is 0.148. The molecule has 30 heavy (non-hydrogen) atoms. The van der Waals surface area contributed by atoms with Crippen LogP contribution in [0.3, 0.4) is 0 Å². The maximum Gasteiger partial charge on any atom is 0.416 e. The molecule has 5 nitrogen and oxygen atoms in total. The van der Waals surface area contributed by atoms with Crippen molar-refractivity contribution < 1.29 is 22.4 Å². The fraction of sp³-hybridized carbons (Fsp3) is 0.238. The molecule has 3 rings (SSSR count). The number of halogens is 4. The van der Waals surface area contributed by atoms with E-state index in [2.05, 4.69) is 5.32 Å². The van der Waals surface area contributed by atoms with Crippen molar-refractivity contribution in [1.29, 1.82) is 5.26 Å². The molecular formula is C21H18F4N4O. The van der Waals surface area contributed by atoms with Gasteiger partial charge in [-0.1, -0.05) is 0 Å². The van der Waals surface area contributed by atoms with E-state index in [0.717, 1.165) is 17.8 Å². The van der Waals surface area contributed by atoms with E-state index in [1.54, 1.807) is 12.1 Å². The molecule has 0 bridgehead atoms. The molecule has 2 aromatic rings. The topological polar surface area (TPSA) is 59.4 Å². The van der Waals surface area contributed by atoms with Crippen LogP contribution in [0.1, 0.15) is 5.56 Å². The molecular weight excluding hydrogens is 400 g/mol. The smallest absolute Gasteiger partial charge is 0.368 e. The summed E-state index contributed by atoms with van der Waals surface area (Å²) in [5, 5.41) is 12.0. The zero-order chi connectivity index (χ0) is 21.7. The average molecular weight is 418 g/mol. The van der Waals surface area contributed by atoms with Gasteiger partial charge in [0.1, 0.15) is 17.5 Å². The van der Waals surface area contributed by atoms with E-state index in [1.165, 1.54) is 35.4 Å². The lowest BCUT2D eigenvalue weighted by atomic mass is 10.2. The molecule has 0 saturated carbocycles. The predicted octanol–water partition coefficient (Wildman–Crippen LogP) is 4.01. The molecule has 1 amide bonds. The molecule has 1 heterocycles. The first kappa shape index (κ1) is 21.2. The van der Waals surface area contributed by atoms with Crippen LogP contribution >= 0.6 is 0 Å². The molecule has 0 aromatic heterocycles. The molecule has 9 heteroatoms. The summed E-state index contributed by atoms with van der Waals surface area (Å²) in [6, 6.07) is 12.2. The number of nitriles is 1. The van der Waals surface area contributed by atoms with Crippen LogP contribution in [0.25, 0.3) is 0 Å². The Hall–Kier alpha value is -3.54. The van der Waals surface area contributed by atoms with Crippen molar-refractivity contribution in [1.82, 2.24) is 4.90 Å². The number of anilines is 2. The van der Waals surface area contributed by atoms with E-state index < -0.39 is 17.6 Å². The summed E-state index contributed by atoms with van der Waals surface area (Å²) < 4.78 is 50.9. The fourth-order valence-electron chi connectivity index (χ4n) is 3.04. The number of alkyl halides is 3. The SMILES string of the molecule is N#C/C(=C/Nc1ccc(C(F)(F)F)cc1)C(=O)N1CCN(c2ccc(F)cc2)CC1. The van der Waals surface area contributed by atoms with Gasteiger partial charge in [-0.3, -0.25) is 4.79 Å². The highest BCUT2D eigenvalue weighted by Crippen LogP contribution is 2.29. The maximum absolute atomic E-state index is 13.1. The van der Waals surface area contributed by atoms with Gasteiger partial charge in [-0.2, -0.15) is 18.4 Å². The first-order chi connectivity index (χ1) is 14.3. The van der Waals surface area contributed by atoms with Gasteiger partial charge in [0.15, 0.2) is 0 Å². The Morgan fingerprint density at radius 2 is 1.60 bits per heavy atom. The molecule has 0 spiro atoms. The highest BCUT2D eigenvalue weighted by Gasteiger charge is 2.30. The highest BCUT2D eigenvalue weighted by molar-refractivity contribution is 5.97. The first-order valence-corrected chi connectivity index (χ1v) is 9.12. The van der Waals surface area contributed by atoms with E-state index >= 15 is 0 Å². The van der Waals surface area contributed by atoms with E-state index in [4.69, 9.17) is 0 Å². The summed E-state index contributed by atoms with van der Waals surface area (Å²) in [4.78, 5) is 16.1. The zero-order valence-corrected chi connectivity index (χ0v) is 15.8. The minimum atomic E-state index is -4.43. The Morgan fingerprint density at radius 3 is 2.13 bits per heavy atom. The number of hydrogen-bond acceptors (Lipinski definition) is 4. The van der Waals surface area contributed by atoms with E-state index in [0.29, 0.717) is 31.9 Å². The minimum Gasteiger partial charge on any atom is -0.368 e. The van der Waals surface area contributed by atoms with Crippen molar-refractivity contribution in [3.63, 3.8) is 0 Å². The van der Waals surface area contributed by atoms with E-state index in [1.807, 2.05) is 11.0 Å². The largest absolute Gasteiger partial charge is 0.416 e. The van der Waals surface area contributed by atoms with Gasteiger partial charge in [0.05, 0.1) is 5.56 Å². The second-order valence-corrected chi connectivity index (χ2v) is 6.64. The van der Waals surface area contributed by atoms with Crippen LogP contribution in [0.15, 0.2) is 60.3 Å². The lowest BCUT2D eigenvalue weighted by molar-refractivity contribution is -0.137. The summed E-state index contributed by atoms with van der Waals surface area (Å²) in [5.74, 6) is -0.785. The second kappa shape index (κ2) is 8.86. The third-order valence-corrected chi connectivity index (χ3v) is 4.70. The molecule has 1 N–H and O–H groups in total. The molecule has 0 unspecified atom stereocenters. The molecule has 1 saturated heterocycles. The summed E-state index contributed by atoms with van der Waals surface area (Å²) in [6.07, 6.45) is -3.24. The van der Waals surface area contributed by atoms with Gasteiger partial charge < -0.3 is 15.1 Å². The second-order valence-electron chi connectivity index (χ2n) is 6.64.